The van der Waals surface area contributed by atoms with E-state index < -0.39 is 24.3 Å². The molecule has 2 aromatic rings. The summed E-state index contributed by atoms with van der Waals surface area (Å²) in [6, 6.07) is 4.38. The van der Waals surface area contributed by atoms with E-state index in [1.165, 1.54) is 38.1 Å². The molecule has 0 unspecified atom stereocenters. The largest absolute Gasteiger partial charge is 0.494 e. The van der Waals surface area contributed by atoms with Gasteiger partial charge >= 0.3 is 5.97 Å². The number of esters is 1. The molecule has 1 heterocycles. The summed E-state index contributed by atoms with van der Waals surface area (Å²) in [6.45, 7) is 1.19. The second-order valence-corrected chi connectivity index (χ2v) is 5.30. The van der Waals surface area contributed by atoms with E-state index in [0.717, 1.165) is 0 Å². The Balaban J connectivity index is 1.92. The standard InChI is InChI=1S/C16H18FN3O5/c1-9-14(15(18)25-19-9)16(22)24-8-13(21)20(2)7-10-4-5-12(23-3)11(17)6-10/h4-6H,7-8,18H2,1-3H3. The molecule has 1 aromatic carbocycles. The predicted molar refractivity (Wildman–Crippen MR) is 85.4 cm³/mol. The van der Waals surface area contributed by atoms with Gasteiger partial charge in [0.2, 0.25) is 5.88 Å². The molecule has 1 amide bonds. The van der Waals surface area contributed by atoms with Gasteiger partial charge in [0, 0.05) is 13.6 Å². The van der Waals surface area contributed by atoms with Crippen LogP contribution in [0.25, 0.3) is 0 Å². The summed E-state index contributed by atoms with van der Waals surface area (Å²) in [4.78, 5) is 25.3. The third-order valence-corrected chi connectivity index (χ3v) is 3.48. The van der Waals surface area contributed by atoms with Gasteiger partial charge < -0.3 is 24.6 Å². The van der Waals surface area contributed by atoms with Crippen molar-refractivity contribution in [2.24, 2.45) is 0 Å². The summed E-state index contributed by atoms with van der Waals surface area (Å²) in [5, 5.41) is 3.54. The van der Waals surface area contributed by atoms with Gasteiger partial charge in [0.25, 0.3) is 5.91 Å². The zero-order chi connectivity index (χ0) is 18.6. The van der Waals surface area contributed by atoms with E-state index in [9.17, 15) is 14.0 Å². The highest BCUT2D eigenvalue weighted by Crippen LogP contribution is 2.19. The minimum Gasteiger partial charge on any atom is -0.494 e. The summed E-state index contributed by atoms with van der Waals surface area (Å²) in [5.74, 6) is -1.83. The van der Waals surface area contributed by atoms with Gasteiger partial charge in [-0.15, -0.1) is 0 Å². The van der Waals surface area contributed by atoms with Crippen LogP contribution < -0.4 is 10.5 Å². The molecule has 2 N–H and O–H groups in total. The van der Waals surface area contributed by atoms with Crippen molar-refractivity contribution in [2.75, 3.05) is 26.5 Å². The normalized spacial score (nSPS) is 10.4. The van der Waals surface area contributed by atoms with Crippen molar-refractivity contribution in [3.63, 3.8) is 0 Å². The summed E-state index contributed by atoms with van der Waals surface area (Å²) in [6.07, 6.45) is 0. The molecular weight excluding hydrogens is 333 g/mol. The topological polar surface area (TPSA) is 108 Å². The van der Waals surface area contributed by atoms with E-state index in [-0.39, 0.29) is 29.4 Å². The Morgan fingerprint density at radius 2 is 2.12 bits per heavy atom. The molecule has 0 aliphatic carbocycles. The number of carbonyl (C=O) groups excluding carboxylic acids is 2. The summed E-state index contributed by atoms with van der Waals surface area (Å²) < 4.78 is 28.1. The minimum atomic E-state index is -0.798. The van der Waals surface area contributed by atoms with Crippen LogP contribution in [0.3, 0.4) is 0 Å². The van der Waals surface area contributed by atoms with Gasteiger partial charge in [-0.05, 0) is 24.6 Å². The van der Waals surface area contributed by atoms with Gasteiger partial charge in [0.05, 0.1) is 12.8 Å². The molecule has 0 saturated heterocycles. The van der Waals surface area contributed by atoms with Gasteiger partial charge in [-0.25, -0.2) is 9.18 Å². The monoisotopic (exact) mass is 351 g/mol. The number of aryl methyl sites for hydroxylation is 1. The first-order valence-electron chi connectivity index (χ1n) is 7.28. The van der Waals surface area contributed by atoms with Crippen LogP contribution in [0.4, 0.5) is 10.3 Å². The number of nitrogen functional groups attached to an aromatic ring is 1. The molecule has 0 bridgehead atoms. The van der Waals surface area contributed by atoms with Crippen LogP contribution in [-0.4, -0.2) is 42.7 Å². The van der Waals surface area contributed by atoms with E-state index in [4.69, 9.17) is 15.2 Å². The maximum absolute atomic E-state index is 13.7. The number of amides is 1. The van der Waals surface area contributed by atoms with Crippen LogP contribution in [0, 0.1) is 12.7 Å². The molecule has 0 saturated carbocycles. The summed E-state index contributed by atoms with van der Waals surface area (Å²) in [7, 11) is 2.88. The molecule has 0 aliphatic rings. The molecule has 0 aliphatic heterocycles. The lowest BCUT2D eigenvalue weighted by Crippen LogP contribution is -2.31. The molecule has 25 heavy (non-hydrogen) atoms. The Kier molecular flexibility index (Phi) is 5.58. The zero-order valence-corrected chi connectivity index (χ0v) is 14.0. The molecular formula is C16H18FN3O5. The van der Waals surface area contributed by atoms with Crippen LogP contribution in [0.1, 0.15) is 21.6 Å². The van der Waals surface area contributed by atoms with Gasteiger partial charge in [0.1, 0.15) is 5.56 Å². The van der Waals surface area contributed by atoms with E-state index in [1.807, 2.05) is 0 Å². The van der Waals surface area contributed by atoms with Crippen molar-refractivity contribution in [2.45, 2.75) is 13.5 Å². The molecule has 8 nitrogen and oxygen atoms in total. The lowest BCUT2D eigenvalue weighted by atomic mass is 10.2. The maximum atomic E-state index is 13.7. The maximum Gasteiger partial charge on any atom is 0.346 e. The average molecular weight is 351 g/mol. The number of likely N-dealkylation sites (N-methyl/N-ethyl adjacent to an activating group) is 1. The highest BCUT2D eigenvalue weighted by Gasteiger charge is 2.21. The third kappa shape index (κ3) is 4.25. The number of methoxy groups -OCH3 is 1. The van der Waals surface area contributed by atoms with Crippen molar-refractivity contribution in [3.8, 4) is 5.75 Å². The second kappa shape index (κ2) is 7.65. The number of nitrogens with two attached hydrogens (primary N) is 1. The first-order chi connectivity index (χ1) is 11.8. The van der Waals surface area contributed by atoms with Crippen molar-refractivity contribution < 1.29 is 28.0 Å². The van der Waals surface area contributed by atoms with Crippen molar-refractivity contribution >= 4 is 17.8 Å². The fraction of sp³-hybridized carbons (Fsp3) is 0.312. The SMILES string of the molecule is COc1ccc(CN(C)C(=O)COC(=O)c2c(C)noc2N)cc1F. The van der Waals surface area contributed by atoms with Gasteiger partial charge in [0.15, 0.2) is 18.2 Å². The highest BCUT2D eigenvalue weighted by atomic mass is 19.1. The lowest BCUT2D eigenvalue weighted by Gasteiger charge is -2.17. The molecule has 0 fully saturated rings. The smallest absolute Gasteiger partial charge is 0.346 e. The highest BCUT2D eigenvalue weighted by molar-refractivity contribution is 5.96. The van der Waals surface area contributed by atoms with Crippen molar-refractivity contribution in [3.05, 3.63) is 40.8 Å². The molecule has 0 spiro atoms. The number of ether oxygens (including phenoxy) is 2. The predicted octanol–water partition coefficient (Wildman–Crippen LogP) is 1.53. The average Bonchev–Trinajstić information content (AvgIpc) is 2.91. The van der Waals surface area contributed by atoms with Gasteiger partial charge in [-0.1, -0.05) is 11.2 Å². The number of anilines is 1. The van der Waals surface area contributed by atoms with Crippen molar-refractivity contribution in [1.82, 2.24) is 10.1 Å². The van der Waals surface area contributed by atoms with Crippen LogP contribution in [-0.2, 0) is 16.1 Å². The van der Waals surface area contributed by atoms with Gasteiger partial charge in [-0.3, -0.25) is 4.79 Å². The summed E-state index contributed by atoms with van der Waals surface area (Å²) in [5.41, 5.74) is 6.31. The molecule has 134 valence electrons. The van der Waals surface area contributed by atoms with Crippen LogP contribution in [0.15, 0.2) is 22.7 Å². The Labute approximate surface area is 143 Å². The minimum absolute atomic E-state index is 0.00678. The number of halogens is 1. The quantitative estimate of drug-likeness (QED) is 0.786. The molecule has 0 atom stereocenters. The molecule has 1 aromatic heterocycles. The van der Waals surface area contributed by atoms with Crippen LogP contribution in [0.5, 0.6) is 5.75 Å². The number of nitrogens with zero attached hydrogens (tertiary/aromatic N) is 2. The lowest BCUT2D eigenvalue weighted by molar-refractivity contribution is -0.133. The Hall–Kier alpha value is -3.10. The summed E-state index contributed by atoms with van der Waals surface area (Å²) >= 11 is 0. The second-order valence-electron chi connectivity index (χ2n) is 5.30. The number of aromatic nitrogens is 1. The van der Waals surface area contributed by atoms with Crippen LogP contribution in [0.2, 0.25) is 0 Å². The Bertz CT molecular complexity index is 771. The number of benzene rings is 1. The first kappa shape index (κ1) is 18.2. The third-order valence-electron chi connectivity index (χ3n) is 3.48. The zero-order valence-electron chi connectivity index (χ0n) is 14.0. The van der Waals surface area contributed by atoms with E-state index >= 15 is 0 Å². The molecule has 9 heteroatoms. The molecule has 0 radical (unpaired) electrons. The Morgan fingerprint density at radius 1 is 1.40 bits per heavy atom. The van der Waals surface area contributed by atoms with E-state index in [2.05, 4.69) is 9.68 Å². The fourth-order valence-corrected chi connectivity index (χ4v) is 2.12. The number of hydrogen-bond donors (Lipinski definition) is 1. The number of carbonyl (C=O) groups is 2. The number of rotatable bonds is 6. The Morgan fingerprint density at radius 3 is 2.68 bits per heavy atom. The van der Waals surface area contributed by atoms with Crippen LogP contribution >= 0.6 is 0 Å². The fourth-order valence-electron chi connectivity index (χ4n) is 2.12. The first-order valence-corrected chi connectivity index (χ1v) is 7.28. The van der Waals surface area contributed by atoms with E-state index in [0.29, 0.717) is 5.56 Å². The van der Waals surface area contributed by atoms with E-state index in [1.54, 1.807) is 6.07 Å². The van der Waals surface area contributed by atoms with Gasteiger partial charge in [-0.2, -0.15) is 0 Å². The van der Waals surface area contributed by atoms with Crippen molar-refractivity contribution in [1.29, 1.82) is 0 Å². The molecule has 2 rings (SSSR count). The number of hydrogen-bond acceptors (Lipinski definition) is 7.